The molecule has 4 rings (SSSR count). The Hall–Kier alpha value is -3.17. The second-order valence-electron chi connectivity index (χ2n) is 7.34. The Morgan fingerprint density at radius 2 is 1.78 bits per heavy atom. The van der Waals surface area contributed by atoms with Gasteiger partial charge in [-0.3, -0.25) is 18.9 Å². The van der Waals surface area contributed by atoms with Gasteiger partial charge in [0.1, 0.15) is 0 Å². The van der Waals surface area contributed by atoms with Crippen LogP contribution in [0, 0.1) is 18.6 Å². The molecule has 0 aliphatic carbocycles. The van der Waals surface area contributed by atoms with E-state index < -0.39 is 21.7 Å². The van der Waals surface area contributed by atoms with E-state index in [9.17, 15) is 22.0 Å². The number of benzene rings is 3. The van der Waals surface area contributed by atoms with Gasteiger partial charge in [-0.1, -0.05) is 23.7 Å². The van der Waals surface area contributed by atoms with Crippen LogP contribution in [-0.4, -0.2) is 17.8 Å². The lowest BCUT2D eigenvalue weighted by Crippen LogP contribution is -2.19. The number of nitrogens with one attached hydrogen (secondary N) is 1. The van der Waals surface area contributed by atoms with Crippen molar-refractivity contribution in [2.24, 2.45) is 7.05 Å². The van der Waals surface area contributed by atoms with Crippen molar-refractivity contribution < 1.29 is 17.2 Å². The number of sulfonamides is 1. The molecule has 6 nitrogen and oxygen atoms in total. The average molecular weight is 478 g/mol. The number of fused-ring (bicyclic) bond motifs is 1. The van der Waals surface area contributed by atoms with Crippen LogP contribution >= 0.6 is 11.6 Å². The van der Waals surface area contributed by atoms with Gasteiger partial charge in [0, 0.05) is 17.8 Å². The zero-order valence-electron chi connectivity index (χ0n) is 17.1. The number of nitrogens with zero attached hydrogens (tertiary/aromatic N) is 2. The van der Waals surface area contributed by atoms with Crippen molar-refractivity contribution in [1.82, 2.24) is 9.36 Å². The molecule has 0 atom stereocenters. The second kappa shape index (κ2) is 8.07. The normalized spacial score (nSPS) is 11.8. The maximum absolute atomic E-state index is 13.6. The standard InChI is InChI=1S/C22H18ClF2N3O3S/c1-13-17(23)4-3-5-21(13)32(30,31)26-15-7-9-20-16(11-15)22(29)27(2)28(20)12-14-6-8-18(24)19(25)10-14/h3-11,26H,12H2,1-2H3. The summed E-state index contributed by atoms with van der Waals surface area (Å²) in [6, 6.07) is 12.7. The molecule has 166 valence electrons. The molecule has 0 fully saturated rings. The Morgan fingerprint density at radius 1 is 1.03 bits per heavy atom. The zero-order chi connectivity index (χ0) is 23.2. The van der Waals surface area contributed by atoms with Crippen LogP contribution in [0.3, 0.4) is 0 Å². The summed E-state index contributed by atoms with van der Waals surface area (Å²) in [6.45, 7) is 1.73. The van der Waals surface area contributed by atoms with E-state index in [1.165, 1.54) is 28.9 Å². The fraction of sp³-hybridized carbons (Fsp3) is 0.136. The monoisotopic (exact) mass is 477 g/mol. The Balaban J connectivity index is 1.72. The lowest BCUT2D eigenvalue weighted by atomic mass is 10.2. The number of rotatable bonds is 5. The van der Waals surface area contributed by atoms with Gasteiger partial charge in [0.05, 0.1) is 22.3 Å². The van der Waals surface area contributed by atoms with Crippen molar-refractivity contribution in [1.29, 1.82) is 0 Å². The van der Waals surface area contributed by atoms with Crippen molar-refractivity contribution in [3.63, 3.8) is 0 Å². The topological polar surface area (TPSA) is 73.1 Å². The molecule has 3 aromatic carbocycles. The summed E-state index contributed by atoms with van der Waals surface area (Å²) in [5.74, 6) is -1.93. The van der Waals surface area contributed by atoms with Gasteiger partial charge in [-0.15, -0.1) is 0 Å². The highest BCUT2D eigenvalue weighted by atomic mass is 35.5. The molecule has 0 amide bonds. The van der Waals surface area contributed by atoms with E-state index >= 15 is 0 Å². The molecule has 0 unspecified atom stereocenters. The number of anilines is 1. The lowest BCUT2D eigenvalue weighted by Gasteiger charge is -2.12. The lowest BCUT2D eigenvalue weighted by molar-refractivity contribution is 0.502. The van der Waals surface area contributed by atoms with E-state index in [0.717, 1.165) is 12.1 Å². The van der Waals surface area contributed by atoms with Crippen LogP contribution in [0.15, 0.2) is 64.3 Å². The van der Waals surface area contributed by atoms with Crippen LogP contribution in [0.1, 0.15) is 11.1 Å². The first kappa shape index (κ1) is 22.0. The Morgan fingerprint density at radius 3 is 2.50 bits per heavy atom. The highest BCUT2D eigenvalue weighted by molar-refractivity contribution is 7.92. The number of aromatic nitrogens is 2. The molecule has 4 aromatic rings. The summed E-state index contributed by atoms with van der Waals surface area (Å²) >= 11 is 6.04. The molecule has 0 aliphatic heterocycles. The fourth-order valence-corrected chi connectivity index (χ4v) is 5.08. The van der Waals surface area contributed by atoms with E-state index in [2.05, 4.69) is 4.72 Å². The third kappa shape index (κ3) is 3.89. The molecule has 1 N–H and O–H groups in total. The van der Waals surface area contributed by atoms with Crippen LogP contribution < -0.4 is 10.3 Å². The molecule has 0 aliphatic rings. The number of halogens is 3. The SMILES string of the molecule is Cc1c(Cl)cccc1S(=O)(=O)Nc1ccc2c(c1)c(=O)n(C)n2Cc1ccc(F)c(F)c1. The highest BCUT2D eigenvalue weighted by Crippen LogP contribution is 2.26. The largest absolute Gasteiger partial charge is 0.280 e. The van der Waals surface area contributed by atoms with E-state index in [1.54, 1.807) is 36.9 Å². The van der Waals surface area contributed by atoms with Gasteiger partial charge in [-0.25, -0.2) is 17.2 Å². The van der Waals surface area contributed by atoms with Crippen molar-refractivity contribution in [3.05, 3.63) is 92.7 Å². The average Bonchev–Trinajstić information content (AvgIpc) is 2.97. The minimum absolute atomic E-state index is 0.0360. The van der Waals surface area contributed by atoms with Gasteiger partial charge in [0.2, 0.25) is 0 Å². The van der Waals surface area contributed by atoms with Crippen molar-refractivity contribution in [3.8, 4) is 0 Å². The molecule has 0 saturated carbocycles. The maximum atomic E-state index is 13.6. The Bertz CT molecular complexity index is 1530. The first-order chi connectivity index (χ1) is 15.1. The summed E-state index contributed by atoms with van der Waals surface area (Å²) in [6.07, 6.45) is 0. The van der Waals surface area contributed by atoms with Gasteiger partial charge in [-0.05, 0) is 60.5 Å². The predicted molar refractivity (Wildman–Crippen MR) is 120 cm³/mol. The molecular formula is C22H18ClF2N3O3S. The van der Waals surface area contributed by atoms with Gasteiger partial charge in [0.15, 0.2) is 11.6 Å². The number of hydrogen-bond donors (Lipinski definition) is 1. The van der Waals surface area contributed by atoms with Crippen molar-refractivity contribution in [2.75, 3.05) is 4.72 Å². The third-order valence-corrected chi connectivity index (χ3v) is 7.17. The fourth-order valence-electron chi connectivity index (χ4n) is 3.53. The summed E-state index contributed by atoms with van der Waals surface area (Å²) in [4.78, 5) is 12.8. The van der Waals surface area contributed by atoms with E-state index in [1.807, 2.05) is 0 Å². The molecule has 1 aromatic heterocycles. The summed E-state index contributed by atoms with van der Waals surface area (Å²) in [5, 5.41) is 0.601. The molecule has 0 radical (unpaired) electrons. The molecule has 0 spiro atoms. The molecular weight excluding hydrogens is 460 g/mol. The maximum Gasteiger partial charge on any atom is 0.274 e. The third-order valence-electron chi connectivity index (χ3n) is 5.24. The van der Waals surface area contributed by atoms with Gasteiger partial charge in [-0.2, -0.15) is 0 Å². The summed E-state index contributed by atoms with van der Waals surface area (Å²) < 4.78 is 57.9. The van der Waals surface area contributed by atoms with E-state index in [4.69, 9.17) is 11.6 Å². The molecule has 0 saturated heterocycles. The minimum atomic E-state index is -3.94. The van der Waals surface area contributed by atoms with Crippen LogP contribution in [0.5, 0.6) is 0 Å². The van der Waals surface area contributed by atoms with Crippen molar-refractivity contribution >= 4 is 38.2 Å². The molecule has 0 bridgehead atoms. The Labute approximate surface area is 187 Å². The van der Waals surface area contributed by atoms with E-state index in [0.29, 0.717) is 21.7 Å². The van der Waals surface area contributed by atoms with Crippen molar-refractivity contribution in [2.45, 2.75) is 18.4 Å². The van der Waals surface area contributed by atoms with Crippen LogP contribution in [0.2, 0.25) is 5.02 Å². The zero-order valence-corrected chi connectivity index (χ0v) is 18.6. The summed E-state index contributed by atoms with van der Waals surface area (Å²) in [7, 11) is -2.39. The Kier molecular flexibility index (Phi) is 5.56. The first-order valence-electron chi connectivity index (χ1n) is 9.50. The molecule has 32 heavy (non-hydrogen) atoms. The quantitative estimate of drug-likeness (QED) is 0.462. The van der Waals surface area contributed by atoms with Gasteiger partial charge in [0.25, 0.3) is 15.6 Å². The van der Waals surface area contributed by atoms with Gasteiger partial charge < -0.3 is 0 Å². The predicted octanol–water partition coefficient (Wildman–Crippen LogP) is 4.43. The highest BCUT2D eigenvalue weighted by Gasteiger charge is 2.20. The smallest absolute Gasteiger partial charge is 0.274 e. The first-order valence-corrected chi connectivity index (χ1v) is 11.4. The number of hydrogen-bond acceptors (Lipinski definition) is 3. The van der Waals surface area contributed by atoms with Gasteiger partial charge >= 0.3 is 0 Å². The summed E-state index contributed by atoms with van der Waals surface area (Å²) in [5.41, 5.74) is 1.25. The molecule has 1 heterocycles. The van der Waals surface area contributed by atoms with Crippen LogP contribution in [0.4, 0.5) is 14.5 Å². The molecule has 10 heteroatoms. The van der Waals surface area contributed by atoms with Crippen LogP contribution in [-0.2, 0) is 23.6 Å². The van der Waals surface area contributed by atoms with Crippen LogP contribution in [0.25, 0.3) is 10.9 Å². The minimum Gasteiger partial charge on any atom is -0.280 e. The second-order valence-corrected chi connectivity index (χ2v) is 9.39. The van der Waals surface area contributed by atoms with E-state index in [-0.39, 0.29) is 28.1 Å².